The lowest BCUT2D eigenvalue weighted by molar-refractivity contribution is -0.137. The van der Waals surface area contributed by atoms with Gasteiger partial charge in [-0.2, -0.15) is 13.2 Å². The molecule has 3 aromatic rings. The lowest BCUT2D eigenvalue weighted by Gasteiger charge is -2.14. The minimum Gasteiger partial charge on any atom is -0.449 e. The molecule has 34 heavy (non-hydrogen) atoms. The van der Waals surface area contributed by atoms with Crippen LogP contribution in [0, 0.1) is 11.8 Å². The Morgan fingerprint density at radius 2 is 1.65 bits per heavy atom. The average molecular weight is 463 g/mol. The van der Waals surface area contributed by atoms with E-state index in [1.807, 2.05) is 36.4 Å². The summed E-state index contributed by atoms with van der Waals surface area (Å²) in [6.07, 6.45) is -4.84. The van der Waals surface area contributed by atoms with Gasteiger partial charge in [0.25, 0.3) is 0 Å². The van der Waals surface area contributed by atoms with Crippen LogP contribution < -0.4 is 5.32 Å². The molecule has 1 amide bonds. The van der Waals surface area contributed by atoms with E-state index >= 15 is 0 Å². The second kappa shape index (κ2) is 9.84. The van der Waals surface area contributed by atoms with Gasteiger partial charge in [0.2, 0.25) is 0 Å². The summed E-state index contributed by atoms with van der Waals surface area (Å²) in [6, 6.07) is 19.3. The predicted octanol–water partition coefficient (Wildman–Crippen LogP) is 5.80. The topological polar surface area (TPSA) is 55.4 Å². The average Bonchev–Trinajstić information content (AvgIpc) is 3.15. The number of ether oxygens (including phenoxy) is 1. The molecule has 3 aromatic carbocycles. The highest BCUT2D eigenvalue weighted by atomic mass is 19.4. The summed E-state index contributed by atoms with van der Waals surface area (Å²) in [5, 5.41) is 2.60. The molecule has 0 saturated carbocycles. The number of nitrogens with one attached hydrogen (secondary N) is 1. The summed E-state index contributed by atoms with van der Waals surface area (Å²) in [6.45, 7) is 0.372. The highest BCUT2D eigenvalue weighted by Gasteiger charge is 2.33. The van der Waals surface area contributed by atoms with Gasteiger partial charge in [-0.05, 0) is 40.5 Å². The van der Waals surface area contributed by atoms with E-state index in [2.05, 4.69) is 29.3 Å². The number of alkyl carbamates (subject to hydrolysis) is 1. The number of halogens is 3. The molecule has 0 unspecified atom stereocenters. The lowest BCUT2D eigenvalue weighted by Crippen LogP contribution is -2.26. The Labute approximate surface area is 194 Å². The first-order valence-electron chi connectivity index (χ1n) is 10.6. The van der Waals surface area contributed by atoms with Crippen molar-refractivity contribution in [3.8, 4) is 23.0 Å². The van der Waals surface area contributed by atoms with Gasteiger partial charge in [-0.1, -0.05) is 60.4 Å². The Balaban J connectivity index is 1.30. The van der Waals surface area contributed by atoms with Crippen LogP contribution in [-0.2, 0) is 10.9 Å². The molecule has 1 N–H and O–H groups in total. The third-order valence-electron chi connectivity index (χ3n) is 5.58. The highest BCUT2D eigenvalue weighted by Crippen LogP contribution is 2.44. The van der Waals surface area contributed by atoms with Gasteiger partial charge in [-0.25, -0.2) is 4.79 Å². The molecular formula is C27H20F3NO3. The number of rotatable bonds is 5. The first kappa shape index (κ1) is 23.1. The summed E-state index contributed by atoms with van der Waals surface area (Å²) in [7, 11) is 0. The molecule has 4 nitrogen and oxygen atoms in total. The molecule has 0 atom stereocenters. The summed E-state index contributed by atoms with van der Waals surface area (Å²) >= 11 is 0. The van der Waals surface area contributed by atoms with Crippen LogP contribution in [0.15, 0.2) is 66.7 Å². The van der Waals surface area contributed by atoms with Gasteiger partial charge in [-0.3, -0.25) is 4.79 Å². The molecule has 4 rings (SSSR count). The minimum atomic E-state index is -4.64. The van der Waals surface area contributed by atoms with Crippen LogP contribution >= 0.6 is 0 Å². The first-order valence-corrected chi connectivity index (χ1v) is 10.6. The zero-order valence-corrected chi connectivity index (χ0v) is 18.0. The normalized spacial score (nSPS) is 12.2. The van der Waals surface area contributed by atoms with Crippen LogP contribution in [-0.4, -0.2) is 25.5 Å². The van der Waals surface area contributed by atoms with Gasteiger partial charge in [0, 0.05) is 30.0 Å². The minimum absolute atomic E-state index is 0.0462. The number of alkyl halides is 3. The Morgan fingerprint density at radius 1 is 1.00 bits per heavy atom. The van der Waals surface area contributed by atoms with Crippen molar-refractivity contribution in [1.82, 2.24) is 5.32 Å². The maximum atomic E-state index is 13.0. The van der Waals surface area contributed by atoms with Gasteiger partial charge in [0.15, 0.2) is 6.29 Å². The molecule has 0 bridgehead atoms. The Morgan fingerprint density at radius 3 is 2.26 bits per heavy atom. The van der Waals surface area contributed by atoms with Gasteiger partial charge < -0.3 is 10.1 Å². The molecule has 7 heteroatoms. The van der Waals surface area contributed by atoms with E-state index in [1.54, 1.807) is 0 Å². The van der Waals surface area contributed by atoms with Crippen LogP contribution in [0.25, 0.3) is 11.1 Å². The van der Waals surface area contributed by atoms with E-state index in [-0.39, 0.29) is 37.3 Å². The molecule has 0 heterocycles. The number of hydrogen-bond acceptors (Lipinski definition) is 3. The van der Waals surface area contributed by atoms with Gasteiger partial charge in [0.1, 0.15) is 6.61 Å². The largest absolute Gasteiger partial charge is 0.449 e. The molecule has 0 radical (unpaired) electrons. The SMILES string of the molecule is O=Cc1ccc(C#CCCNC(=O)OCC2c3ccccc3-c3ccccc32)cc1C(F)(F)F. The Hall–Kier alpha value is -4.05. The molecule has 172 valence electrons. The van der Waals surface area contributed by atoms with Crippen LogP contribution in [0.5, 0.6) is 0 Å². The second-order valence-electron chi connectivity index (χ2n) is 7.72. The number of carbonyl (C=O) groups is 2. The maximum Gasteiger partial charge on any atom is 0.417 e. The van der Waals surface area contributed by atoms with Gasteiger partial charge in [-0.15, -0.1) is 0 Å². The summed E-state index contributed by atoms with van der Waals surface area (Å²) in [5.74, 6) is 5.30. The fraction of sp³-hybridized carbons (Fsp3) is 0.185. The monoisotopic (exact) mass is 463 g/mol. The predicted molar refractivity (Wildman–Crippen MR) is 121 cm³/mol. The van der Waals surface area contributed by atoms with Gasteiger partial charge in [0.05, 0.1) is 5.56 Å². The van der Waals surface area contributed by atoms with E-state index in [1.165, 1.54) is 6.07 Å². The maximum absolute atomic E-state index is 13.0. The second-order valence-corrected chi connectivity index (χ2v) is 7.72. The molecule has 0 aliphatic heterocycles. The van der Waals surface area contributed by atoms with Crippen LogP contribution in [0.2, 0.25) is 0 Å². The summed E-state index contributed by atoms with van der Waals surface area (Å²) in [5.41, 5.74) is 3.18. The smallest absolute Gasteiger partial charge is 0.417 e. The van der Waals surface area contributed by atoms with Crippen molar-refractivity contribution in [3.05, 3.63) is 94.5 Å². The van der Waals surface area contributed by atoms with E-state index < -0.39 is 23.4 Å². The zero-order chi connectivity index (χ0) is 24.1. The van der Waals surface area contributed by atoms with Crippen molar-refractivity contribution in [2.75, 3.05) is 13.2 Å². The van der Waals surface area contributed by atoms with Crippen molar-refractivity contribution in [3.63, 3.8) is 0 Å². The van der Waals surface area contributed by atoms with E-state index in [0.29, 0.717) is 0 Å². The summed E-state index contributed by atoms with van der Waals surface area (Å²) in [4.78, 5) is 23.0. The molecule has 1 aliphatic rings. The van der Waals surface area contributed by atoms with E-state index in [9.17, 15) is 22.8 Å². The third kappa shape index (κ3) is 4.96. The van der Waals surface area contributed by atoms with Crippen molar-refractivity contribution < 1.29 is 27.5 Å². The molecular weight excluding hydrogens is 443 g/mol. The fourth-order valence-corrected chi connectivity index (χ4v) is 4.02. The standard InChI is InChI=1S/C27H20F3NO3/c28-27(29,30)25-15-18(12-13-19(25)16-32)7-5-6-14-31-26(33)34-17-24-22-10-3-1-8-20(22)21-9-2-4-11-23(21)24/h1-4,8-13,15-16,24H,6,14,17H2,(H,31,33). The molecule has 0 saturated heterocycles. The molecule has 0 spiro atoms. The lowest BCUT2D eigenvalue weighted by atomic mass is 9.98. The van der Waals surface area contributed by atoms with Crippen molar-refractivity contribution in [1.29, 1.82) is 0 Å². The molecule has 0 fully saturated rings. The number of fused-ring (bicyclic) bond motifs is 3. The highest BCUT2D eigenvalue weighted by molar-refractivity contribution is 5.79. The molecule has 0 aromatic heterocycles. The van der Waals surface area contributed by atoms with E-state index in [0.717, 1.165) is 34.4 Å². The number of amides is 1. The number of aldehydes is 1. The zero-order valence-electron chi connectivity index (χ0n) is 18.0. The van der Waals surface area contributed by atoms with Crippen LogP contribution in [0.3, 0.4) is 0 Å². The Bertz CT molecular complexity index is 1240. The quantitative estimate of drug-likeness (QED) is 0.296. The number of carbonyl (C=O) groups excluding carboxylic acids is 2. The van der Waals surface area contributed by atoms with Gasteiger partial charge >= 0.3 is 12.3 Å². The number of hydrogen-bond donors (Lipinski definition) is 1. The van der Waals surface area contributed by atoms with E-state index in [4.69, 9.17) is 4.74 Å². The fourth-order valence-electron chi connectivity index (χ4n) is 4.02. The molecule has 1 aliphatic carbocycles. The van der Waals surface area contributed by atoms with Crippen LogP contribution in [0.1, 0.15) is 45.0 Å². The first-order chi connectivity index (χ1) is 16.4. The third-order valence-corrected chi connectivity index (χ3v) is 5.58. The van der Waals surface area contributed by atoms with Crippen molar-refractivity contribution >= 4 is 12.4 Å². The van der Waals surface area contributed by atoms with Crippen molar-refractivity contribution in [2.45, 2.75) is 18.5 Å². The number of benzene rings is 3. The van der Waals surface area contributed by atoms with Crippen molar-refractivity contribution in [2.24, 2.45) is 0 Å². The Kier molecular flexibility index (Phi) is 6.69. The van der Waals surface area contributed by atoms with Crippen LogP contribution in [0.4, 0.5) is 18.0 Å². The summed E-state index contributed by atoms with van der Waals surface area (Å²) < 4.78 is 44.5.